The summed E-state index contributed by atoms with van der Waals surface area (Å²) in [6.07, 6.45) is 3.97. The number of ketones is 1. The van der Waals surface area contributed by atoms with E-state index in [0.29, 0.717) is 22.4 Å². The van der Waals surface area contributed by atoms with E-state index >= 15 is 0 Å². The Kier molecular flexibility index (Phi) is 4.88. The van der Waals surface area contributed by atoms with Crippen molar-refractivity contribution in [3.05, 3.63) is 64.6 Å². The van der Waals surface area contributed by atoms with Crippen molar-refractivity contribution >= 4 is 27.5 Å². The highest BCUT2D eigenvalue weighted by Crippen LogP contribution is 2.34. The molecule has 0 aliphatic carbocycles. The summed E-state index contributed by atoms with van der Waals surface area (Å²) in [4.78, 5) is 24.2. The molecule has 2 aromatic rings. The molecule has 0 N–H and O–H groups in total. The van der Waals surface area contributed by atoms with Crippen molar-refractivity contribution in [3.8, 4) is 0 Å². The first-order valence-corrected chi connectivity index (χ1v) is 10.0. The Balaban J connectivity index is 1.71. The first-order valence-electron chi connectivity index (χ1n) is 8.18. The number of aromatic nitrogens is 1. The van der Waals surface area contributed by atoms with E-state index in [4.69, 9.17) is 4.74 Å². The molecule has 142 valence electrons. The van der Waals surface area contributed by atoms with Gasteiger partial charge in [0, 0.05) is 23.7 Å². The van der Waals surface area contributed by atoms with Gasteiger partial charge in [-0.3, -0.25) is 9.10 Å². The van der Waals surface area contributed by atoms with Crippen LogP contribution in [0.4, 0.5) is 5.69 Å². The van der Waals surface area contributed by atoms with Crippen LogP contribution in [0.1, 0.15) is 33.2 Å². The van der Waals surface area contributed by atoms with Crippen LogP contribution in [0, 0.1) is 5.21 Å². The molecule has 1 aromatic heterocycles. The highest BCUT2D eigenvalue weighted by molar-refractivity contribution is 7.92. The topological polar surface area (TPSA) is 108 Å². The second kappa shape index (κ2) is 6.99. The van der Waals surface area contributed by atoms with Gasteiger partial charge in [0.05, 0.1) is 17.5 Å². The normalized spacial score (nSPS) is 16.1. The van der Waals surface area contributed by atoms with Crippen molar-refractivity contribution in [2.45, 2.75) is 19.4 Å². The van der Waals surface area contributed by atoms with Gasteiger partial charge in [-0.2, -0.15) is 4.73 Å². The fourth-order valence-electron chi connectivity index (χ4n) is 3.13. The van der Waals surface area contributed by atoms with Crippen molar-refractivity contribution in [2.24, 2.45) is 0 Å². The van der Waals surface area contributed by atoms with Crippen LogP contribution in [-0.4, -0.2) is 39.1 Å². The number of hydrogen-bond donors (Lipinski definition) is 0. The summed E-state index contributed by atoms with van der Waals surface area (Å²) < 4.78 is 30.7. The molecule has 1 aromatic carbocycles. The van der Waals surface area contributed by atoms with Gasteiger partial charge < -0.3 is 9.94 Å². The highest BCUT2D eigenvalue weighted by atomic mass is 32.2. The van der Waals surface area contributed by atoms with Gasteiger partial charge in [-0.1, -0.05) is 0 Å². The fraction of sp³-hybridized carbons (Fsp3) is 0.278. The van der Waals surface area contributed by atoms with Crippen LogP contribution in [0.5, 0.6) is 0 Å². The maximum atomic E-state index is 12.3. The van der Waals surface area contributed by atoms with Gasteiger partial charge in [0.25, 0.3) is 0 Å². The monoisotopic (exact) mass is 390 g/mol. The minimum Gasteiger partial charge on any atom is -0.619 e. The molecule has 1 aliphatic rings. The smallest absolute Gasteiger partial charge is 0.339 e. The number of fused-ring (bicyclic) bond motifs is 1. The molecule has 0 bridgehead atoms. The molecule has 9 heteroatoms. The van der Waals surface area contributed by atoms with Crippen molar-refractivity contribution in [1.29, 1.82) is 0 Å². The Hall–Kier alpha value is -2.94. The van der Waals surface area contributed by atoms with Crippen LogP contribution < -0.4 is 9.04 Å². The average Bonchev–Trinajstić information content (AvgIpc) is 2.94. The predicted octanol–water partition coefficient (Wildman–Crippen LogP) is 1.07. The third-order valence-electron chi connectivity index (χ3n) is 4.28. The molecule has 0 saturated heterocycles. The van der Waals surface area contributed by atoms with E-state index in [0.717, 1.165) is 24.2 Å². The summed E-state index contributed by atoms with van der Waals surface area (Å²) in [5, 5.41) is 11.0. The number of rotatable bonds is 5. The molecule has 2 heterocycles. The zero-order valence-electron chi connectivity index (χ0n) is 14.8. The first kappa shape index (κ1) is 18.8. The second-order valence-electron chi connectivity index (χ2n) is 6.40. The lowest BCUT2D eigenvalue weighted by molar-refractivity contribution is -0.605. The summed E-state index contributed by atoms with van der Waals surface area (Å²) in [6.45, 7) is 1.35. The van der Waals surface area contributed by atoms with Crippen LogP contribution in [0.3, 0.4) is 0 Å². The van der Waals surface area contributed by atoms with Crippen molar-refractivity contribution in [1.82, 2.24) is 0 Å². The van der Waals surface area contributed by atoms with Gasteiger partial charge >= 0.3 is 5.97 Å². The summed E-state index contributed by atoms with van der Waals surface area (Å²) in [6, 6.07) is 7.13. The maximum Gasteiger partial charge on any atom is 0.339 e. The zero-order valence-corrected chi connectivity index (χ0v) is 15.6. The molecule has 0 fully saturated rings. The van der Waals surface area contributed by atoms with E-state index in [9.17, 15) is 23.2 Å². The predicted molar refractivity (Wildman–Crippen MR) is 96.9 cm³/mol. The molecular formula is C18H18N2O6S. The molecule has 0 spiro atoms. The number of hydrogen-bond acceptors (Lipinski definition) is 6. The number of carbonyl (C=O) groups excluding carboxylic acids is 2. The third-order valence-corrected chi connectivity index (χ3v) is 5.56. The van der Waals surface area contributed by atoms with E-state index in [1.165, 1.54) is 22.5 Å². The standard InChI is InChI=1S/C18H18N2O6S/c1-12-9-15-10-14(3-4-16(15)20(12)27(2,24)25)17(21)11-26-18(22)13-5-7-19(23)8-6-13/h3-8,10,12H,9,11H2,1-2H3/t12-/m0/s1. The number of anilines is 1. The minimum absolute atomic E-state index is 0.168. The van der Waals surface area contributed by atoms with Gasteiger partial charge in [-0.25, -0.2) is 13.2 Å². The Morgan fingerprint density at radius 2 is 1.89 bits per heavy atom. The Labute approximate surface area is 156 Å². The molecular weight excluding hydrogens is 372 g/mol. The lowest BCUT2D eigenvalue weighted by Gasteiger charge is -2.21. The molecule has 8 nitrogen and oxygen atoms in total. The van der Waals surface area contributed by atoms with Crippen LogP contribution in [-0.2, 0) is 21.2 Å². The van der Waals surface area contributed by atoms with E-state index < -0.39 is 28.4 Å². The van der Waals surface area contributed by atoms with Crippen molar-refractivity contribution in [3.63, 3.8) is 0 Å². The number of benzene rings is 1. The number of nitrogens with zero attached hydrogens (tertiary/aromatic N) is 2. The molecule has 0 saturated carbocycles. The SMILES string of the molecule is C[C@H]1Cc2cc(C(=O)COC(=O)c3cc[n+]([O-])cc3)ccc2N1S(C)(=O)=O. The van der Waals surface area contributed by atoms with Gasteiger partial charge in [0.1, 0.15) is 0 Å². The number of Topliss-reactive ketones (excluding diaryl/α,β-unsaturated/α-hetero) is 1. The first-order chi connectivity index (χ1) is 12.7. The largest absolute Gasteiger partial charge is 0.619 e. The summed E-state index contributed by atoms with van der Waals surface area (Å²) in [7, 11) is -3.40. The van der Waals surface area contributed by atoms with Gasteiger partial charge in [0.15, 0.2) is 24.8 Å². The van der Waals surface area contributed by atoms with Crippen molar-refractivity contribution < 1.29 is 27.5 Å². The van der Waals surface area contributed by atoms with Crippen LogP contribution in [0.25, 0.3) is 0 Å². The van der Waals surface area contributed by atoms with Gasteiger partial charge in [0.2, 0.25) is 10.0 Å². The molecule has 3 rings (SSSR count). The van der Waals surface area contributed by atoms with E-state index in [1.54, 1.807) is 19.1 Å². The summed E-state index contributed by atoms with van der Waals surface area (Å²) in [5.41, 5.74) is 1.83. The van der Waals surface area contributed by atoms with E-state index in [2.05, 4.69) is 0 Å². The lowest BCUT2D eigenvalue weighted by Crippen LogP contribution is -2.34. The quantitative estimate of drug-likeness (QED) is 0.327. The second-order valence-corrected chi connectivity index (χ2v) is 8.26. The number of sulfonamides is 1. The Bertz CT molecular complexity index is 1000. The fourth-order valence-corrected chi connectivity index (χ4v) is 4.39. The molecule has 0 unspecified atom stereocenters. The van der Waals surface area contributed by atoms with E-state index in [1.807, 2.05) is 0 Å². The molecule has 0 radical (unpaired) electrons. The minimum atomic E-state index is -3.40. The number of pyridine rings is 1. The Morgan fingerprint density at radius 1 is 1.22 bits per heavy atom. The maximum absolute atomic E-state index is 12.3. The summed E-state index contributed by atoms with van der Waals surface area (Å²) in [5.74, 6) is -1.10. The van der Waals surface area contributed by atoms with E-state index in [-0.39, 0.29) is 11.6 Å². The van der Waals surface area contributed by atoms with Crippen LogP contribution in [0.2, 0.25) is 0 Å². The molecule has 1 atom stereocenters. The average molecular weight is 390 g/mol. The summed E-state index contributed by atoms with van der Waals surface area (Å²) >= 11 is 0. The van der Waals surface area contributed by atoms with Crippen LogP contribution in [0.15, 0.2) is 42.7 Å². The number of ether oxygens (including phenoxy) is 1. The molecule has 0 amide bonds. The van der Waals surface area contributed by atoms with Gasteiger partial charge in [-0.15, -0.1) is 0 Å². The van der Waals surface area contributed by atoms with Gasteiger partial charge in [-0.05, 0) is 37.1 Å². The number of carbonyl (C=O) groups is 2. The zero-order chi connectivity index (χ0) is 19.8. The van der Waals surface area contributed by atoms with Crippen LogP contribution >= 0.6 is 0 Å². The third kappa shape index (κ3) is 3.92. The lowest BCUT2D eigenvalue weighted by atomic mass is 10.0. The number of esters is 1. The highest BCUT2D eigenvalue weighted by Gasteiger charge is 2.32. The Morgan fingerprint density at radius 3 is 2.52 bits per heavy atom. The molecule has 27 heavy (non-hydrogen) atoms. The molecule has 1 aliphatic heterocycles. The van der Waals surface area contributed by atoms with Crippen molar-refractivity contribution in [2.75, 3.05) is 17.2 Å².